The van der Waals surface area contributed by atoms with E-state index in [0.717, 1.165) is 24.5 Å². The number of hydrogen-bond donors (Lipinski definition) is 2. The second-order valence-corrected chi connectivity index (χ2v) is 7.58. The summed E-state index contributed by atoms with van der Waals surface area (Å²) in [6.45, 7) is 10.6. The highest BCUT2D eigenvalue weighted by Gasteiger charge is 2.23. The molecule has 0 aromatic carbocycles. The standard InChI is InChI=1S/C20H27N7O2/c1-5-25-18-16(19(28)26(6-2)20(25)29)23-17(24-18)14-7-8-15(22-10-14)27-11-12(3)21-9-13(27)4/h7-8,10,12-13,21H,5-6,9,11H2,1-4H3,(H,23,24)/t12-,13+/m1/s1. The first-order chi connectivity index (χ1) is 13.9. The fourth-order valence-electron chi connectivity index (χ4n) is 3.90. The van der Waals surface area contributed by atoms with E-state index in [0.29, 0.717) is 42.2 Å². The third-order valence-corrected chi connectivity index (χ3v) is 5.57. The summed E-state index contributed by atoms with van der Waals surface area (Å²) >= 11 is 0. The van der Waals surface area contributed by atoms with E-state index in [9.17, 15) is 9.59 Å². The molecule has 3 aromatic rings. The SMILES string of the molecule is CCn1c(=O)c2[nH]c(-c3ccc(N4C[C@@H](C)NC[C@@H]4C)nc3)nc2n(CC)c1=O. The number of aryl methyl sites for hydroxylation is 1. The summed E-state index contributed by atoms with van der Waals surface area (Å²) in [6.07, 6.45) is 1.76. The molecule has 29 heavy (non-hydrogen) atoms. The molecule has 1 aliphatic rings. The van der Waals surface area contributed by atoms with Crippen molar-refractivity contribution in [2.45, 2.75) is 52.9 Å². The molecule has 0 bridgehead atoms. The lowest BCUT2D eigenvalue weighted by molar-refractivity contribution is 0.422. The van der Waals surface area contributed by atoms with Crippen molar-refractivity contribution in [2.75, 3.05) is 18.0 Å². The number of fused-ring (bicyclic) bond motifs is 1. The summed E-state index contributed by atoms with van der Waals surface area (Å²) in [7, 11) is 0. The predicted molar refractivity (Wildman–Crippen MR) is 113 cm³/mol. The number of rotatable bonds is 4. The van der Waals surface area contributed by atoms with Gasteiger partial charge in [-0.05, 0) is 39.8 Å². The van der Waals surface area contributed by atoms with Crippen LogP contribution >= 0.6 is 0 Å². The lowest BCUT2D eigenvalue weighted by Gasteiger charge is -2.38. The molecule has 4 rings (SSSR count). The second-order valence-electron chi connectivity index (χ2n) is 7.58. The van der Waals surface area contributed by atoms with E-state index in [1.165, 1.54) is 9.13 Å². The molecule has 0 unspecified atom stereocenters. The molecule has 0 spiro atoms. The minimum absolute atomic E-state index is 0.319. The molecule has 3 aromatic heterocycles. The van der Waals surface area contributed by atoms with Crippen LogP contribution in [0.4, 0.5) is 5.82 Å². The Morgan fingerprint density at radius 1 is 1.14 bits per heavy atom. The van der Waals surface area contributed by atoms with Gasteiger partial charge >= 0.3 is 5.69 Å². The highest BCUT2D eigenvalue weighted by Crippen LogP contribution is 2.22. The summed E-state index contributed by atoms with van der Waals surface area (Å²) < 4.78 is 2.74. The van der Waals surface area contributed by atoms with Crippen LogP contribution in [0.15, 0.2) is 27.9 Å². The van der Waals surface area contributed by atoms with Crippen LogP contribution in [0.3, 0.4) is 0 Å². The zero-order chi connectivity index (χ0) is 20.7. The van der Waals surface area contributed by atoms with Crippen LogP contribution < -0.4 is 21.5 Å². The van der Waals surface area contributed by atoms with Crippen LogP contribution in [0.5, 0.6) is 0 Å². The van der Waals surface area contributed by atoms with Gasteiger partial charge in [-0.2, -0.15) is 0 Å². The Hall–Kier alpha value is -2.94. The molecule has 2 atom stereocenters. The van der Waals surface area contributed by atoms with Gasteiger partial charge in [-0.15, -0.1) is 0 Å². The van der Waals surface area contributed by atoms with Crippen LogP contribution in [0.1, 0.15) is 27.7 Å². The van der Waals surface area contributed by atoms with Crippen molar-refractivity contribution in [3.05, 3.63) is 39.2 Å². The highest BCUT2D eigenvalue weighted by molar-refractivity contribution is 5.75. The normalized spacial score (nSPS) is 19.8. The summed E-state index contributed by atoms with van der Waals surface area (Å²) in [5, 5.41) is 3.47. The van der Waals surface area contributed by atoms with E-state index >= 15 is 0 Å². The van der Waals surface area contributed by atoms with Crippen LogP contribution in [0.25, 0.3) is 22.6 Å². The summed E-state index contributed by atoms with van der Waals surface area (Å²) in [6, 6.07) is 4.71. The van der Waals surface area contributed by atoms with Gasteiger partial charge in [-0.3, -0.25) is 13.9 Å². The van der Waals surface area contributed by atoms with E-state index < -0.39 is 0 Å². The van der Waals surface area contributed by atoms with E-state index in [-0.39, 0.29) is 11.2 Å². The average Bonchev–Trinajstić information content (AvgIpc) is 3.16. The van der Waals surface area contributed by atoms with Gasteiger partial charge in [0.15, 0.2) is 5.65 Å². The van der Waals surface area contributed by atoms with Gasteiger partial charge in [-0.25, -0.2) is 14.8 Å². The van der Waals surface area contributed by atoms with Crippen LogP contribution in [0, 0.1) is 0 Å². The zero-order valence-corrected chi connectivity index (χ0v) is 17.3. The number of nitrogens with zero attached hydrogens (tertiary/aromatic N) is 5. The summed E-state index contributed by atoms with van der Waals surface area (Å²) in [5.41, 5.74) is 0.830. The van der Waals surface area contributed by atoms with E-state index in [4.69, 9.17) is 0 Å². The highest BCUT2D eigenvalue weighted by atomic mass is 16.2. The maximum absolute atomic E-state index is 12.7. The number of aromatic amines is 1. The van der Waals surface area contributed by atoms with Gasteiger partial charge in [0.2, 0.25) is 0 Å². The second kappa shape index (κ2) is 7.47. The van der Waals surface area contributed by atoms with E-state index in [1.54, 1.807) is 13.1 Å². The van der Waals surface area contributed by atoms with Gasteiger partial charge < -0.3 is 15.2 Å². The molecule has 9 heteroatoms. The first kappa shape index (κ1) is 19.4. The van der Waals surface area contributed by atoms with Gasteiger partial charge in [0, 0.05) is 50.0 Å². The van der Waals surface area contributed by atoms with Crippen LogP contribution in [-0.4, -0.2) is 49.3 Å². The topological polar surface area (TPSA) is 101 Å². The molecule has 0 aliphatic carbocycles. The molecule has 0 saturated carbocycles. The minimum atomic E-state index is -0.343. The van der Waals surface area contributed by atoms with E-state index in [2.05, 4.69) is 39.0 Å². The van der Waals surface area contributed by atoms with E-state index in [1.807, 2.05) is 19.1 Å². The Balaban J connectivity index is 1.75. The van der Waals surface area contributed by atoms with Crippen molar-refractivity contribution in [2.24, 2.45) is 0 Å². The van der Waals surface area contributed by atoms with Crippen molar-refractivity contribution in [3.63, 3.8) is 0 Å². The Kier molecular flexibility index (Phi) is 4.99. The van der Waals surface area contributed by atoms with Crippen LogP contribution in [0.2, 0.25) is 0 Å². The fourth-order valence-corrected chi connectivity index (χ4v) is 3.90. The number of H-pyrrole nitrogens is 1. The lowest BCUT2D eigenvalue weighted by Crippen LogP contribution is -2.54. The number of piperazine rings is 1. The summed E-state index contributed by atoms with van der Waals surface area (Å²) in [5.74, 6) is 1.46. The largest absolute Gasteiger partial charge is 0.351 e. The number of nitrogens with one attached hydrogen (secondary N) is 2. The van der Waals surface area contributed by atoms with Crippen molar-refractivity contribution < 1.29 is 0 Å². The zero-order valence-electron chi connectivity index (χ0n) is 17.3. The molecular formula is C20H27N7O2. The van der Waals surface area contributed by atoms with Gasteiger partial charge in [0.1, 0.15) is 17.2 Å². The first-order valence-electron chi connectivity index (χ1n) is 10.1. The van der Waals surface area contributed by atoms with Gasteiger partial charge in [0.05, 0.1) is 0 Å². The Bertz CT molecular complexity index is 1140. The number of anilines is 1. The molecule has 0 amide bonds. The van der Waals surface area contributed by atoms with Gasteiger partial charge in [-0.1, -0.05) is 0 Å². The monoisotopic (exact) mass is 397 g/mol. The van der Waals surface area contributed by atoms with Crippen LogP contribution in [-0.2, 0) is 13.1 Å². The predicted octanol–water partition coefficient (Wildman–Crippen LogP) is 1.17. The molecule has 1 fully saturated rings. The number of pyridine rings is 1. The van der Waals surface area contributed by atoms with Crippen molar-refractivity contribution in [1.82, 2.24) is 29.4 Å². The molecule has 2 N–H and O–H groups in total. The number of aromatic nitrogens is 5. The van der Waals surface area contributed by atoms with Crippen molar-refractivity contribution >= 4 is 17.0 Å². The minimum Gasteiger partial charge on any atom is -0.351 e. The number of imidazole rings is 1. The van der Waals surface area contributed by atoms with Crippen molar-refractivity contribution in [3.8, 4) is 11.4 Å². The average molecular weight is 397 g/mol. The first-order valence-corrected chi connectivity index (χ1v) is 10.1. The third kappa shape index (κ3) is 3.25. The number of hydrogen-bond acceptors (Lipinski definition) is 6. The molecule has 4 heterocycles. The summed E-state index contributed by atoms with van der Waals surface area (Å²) in [4.78, 5) is 39.8. The van der Waals surface area contributed by atoms with Gasteiger partial charge in [0.25, 0.3) is 5.56 Å². The quantitative estimate of drug-likeness (QED) is 0.686. The molecular weight excluding hydrogens is 370 g/mol. The lowest BCUT2D eigenvalue weighted by atomic mass is 10.1. The van der Waals surface area contributed by atoms with Crippen molar-refractivity contribution in [1.29, 1.82) is 0 Å². The smallest absolute Gasteiger partial charge is 0.332 e. The molecule has 9 nitrogen and oxygen atoms in total. The molecule has 1 saturated heterocycles. The molecule has 154 valence electrons. The third-order valence-electron chi connectivity index (χ3n) is 5.57. The Labute approximate surface area is 168 Å². The Morgan fingerprint density at radius 3 is 2.55 bits per heavy atom. The maximum atomic E-state index is 12.7. The molecule has 1 aliphatic heterocycles. The Morgan fingerprint density at radius 2 is 1.90 bits per heavy atom. The molecule has 0 radical (unpaired) electrons. The fraction of sp³-hybridized carbons (Fsp3) is 0.500. The maximum Gasteiger partial charge on any atom is 0.332 e.